The van der Waals surface area contributed by atoms with Gasteiger partial charge in [-0.2, -0.15) is 0 Å². The smallest absolute Gasteiger partial charge is 0.185 e. The Bertz CT molecular complexity index is 573. The summed E-state index contributed by atoms with van der Waals surface area (Å²) in [6, 6.07) is 0. The van der Waals surface area contributed by atoms with Crippen molar-refractivity contribution in [2.24, 2.45) is 10.8 Å². The number of ketones is 1. The van der Waals surface area contributed by atoms with Crippen LogP contribution in [0.4, 0.5) is 0 Å². The van der Waals surface area contributed by atoms with Gasteiger partial charge in [-0.25, -0.2) is 9.78 Å². The predicted octanol–water partition coefficient (Wildman–Crippen LogP) is 5.97. The Morgan fingerprint density at radius 1 is 0.880 bits per heavy atom. The largest absolute Gasteiger partial charge is 0.289 e. The zero-order chi connectivity index (χ0) is 19.8. The molecule has 0 atom stereocenters. The topological polar surface area (TPSA) is 35.5 Å². The first kappa shape index (κ1) is 21.9. The van der Waals surface area contributed by atoms with Gasteiger partial charge in [0.05, 0.1) is 5.60 Å². The fraction of sp³-hybridized carbons (Fsp3) is 0.682. The highest BCUT2D eigenvalue weighted by Gasteiger charge is 2.42. The van der Waals surface area contributed by atoms with E-state index >= 15 is 0 Å². The third-order valence-corrected chi connectivity index (χ3v) is 3.80. The third-order valence-electron chi connectivity index (χ3n) is 3.80. The first-order valence-corrected chi connectivity index (χ1v) is 9.01. The summed E-state index contributed by atoms with van der Waals surface area (Å²) in [5.74, 6) is 0.0946. The van der Waals surface area contributed by atoms with Crippen LogP contribution in [0.5, 0.6) is 0 Å². The fourth-order valence-electron chi connectivity index (χ4n) is 2.69. The van der Waals surface area contributed by atoms with Crippen LogP contribution < -0.4 is 0 Å². The molecule has 0 saturated carbocycles. The van der Waals surface area contributed by atoms with Crippen LogP contribution in [-0.2, 0) is 14.6 Å². The van der Waals surface area contributed by atoms with Gasteiger partial charge in [-0.05, 0) is 63.7 Å². The van der Waals surface area contributed by atoms with Crippen LogP contribution in [0.3, 0.4) is 0 Å². The molecule has 3 heteroatoms. The van der Waals surface area contributed by atoms with Crippen molar-refractivity contribution >= 4 is 5.78 Å². The molecule has 1 aliphatic carbocycles. The lowest BCUT2D eigenvalue weighted by Gasteiger charge is -2.38. The molecular weight excluding hydrogens is 312 g/mol. The quantitative estimate of drug-likeness (QED) is 0.358. The minimum atomic E-state index is -0.884. The number of carbonyl (C=O) groups excluding carboxylic acids is 1. The van der Waals surface area contributed by atoms with E-state index in [0.29, 0.717) is 0 Å². The number of allylic oxidation sites excluding steroid dienone is 3. The van der Waals surface area contributed by atoms with E-state index in [1.54, 1.807) is 0 Å². The summed E-state index contributed by atoms with van der Waals surface area (Å²) in [5, 5.41) is 0. The van der Waals surface area contributed by atoms with Gasteiger partial charge in [-0.3, -0.25) is 4.79 Å². The molecule has 0 aliphatic heterocycles. The van der Waals surface area contributed by atoms with E-state index < -0.39 is 11.2 Å². The van der Waals surface area contributed by atoms with Gasteiger partial charge in [0.2, 0.25) is 0 Å². The molecule has 0 aromatic rings. The molecule has 3 nitrogen and oxygen atoms in total. The number of rotatable bonds is 3. The molecule has 0 saturated heterocycles. The maximum Gasteiger partial charge on any atom is 0.185 e. The minimum absolute atomic E-state index is 0.0946. The lowest BCUT2D eigenvalue weighted by molar-refractivity contribution is -0.374. The molecule has 0 fully saturated rings. The normalized spacial score (nSPS) is 18.6. The van der Waals surface area contributed by atoms with Gasteiger partial charge >= 0.3 is 0 Å². The lowest BCUT2D eigenvalue weighted by Crippen LogP contribution is -2.39. The molecule has 25 heavy (non-hydrogen) atoms. The Morgan fingerprint density at radius 3 is 1.56 bits per heavy atom. The van der Waals surface area contributed by atoms with Crippen molar-refractivity contribution in [3.63, 3.8) is 0 Å². The van der Waals surface area contributed by atoms with Crippen molar-refractivity contribution in [2.45, 2.75) is 87.4 Å². The van der Waals surface area contributed by atoms with E-state index in [-0.39, 0.29) is 16.6 Å². The summed E-state index contributed by atoms with van der Waals surface area (Å²) in [7, 11) is 0. The summed E-state index contributed by atoms with van der Waals surface area (Å²) in [4.78, 5) is 24.8. The van der Waals surface area contributed by atoms with Gasteiger partial charge in [-0.1, -0.05) is 47.1 Å². The van der Waals surface area contributed by atoms with Crippen molar-refractivity contribution in [1.82, 2.24) is 0 Å². The SMILES string of the molecule is CC(C)=CC1(OOC(C)(C)C)C=C(C(C)(C)C)C(=O)C(C(C)(C)C)=C1. The summed E-state index contributed by atoms with van der Waals surface area (Å²) in [5.41, 5.74) is 0.716. The third kappa shape index (κ3) is 5.93. The molecular formula is C22H36O3. The van der Waals surface area contributed by atoms with E-state index in [0.717, 1.165) is 16.7 Å². The highest BCUT2D eigenvalue weighted by molar-refractivity contribution is 6.11. The Kier molecular flexibility index (Phi) is 5.98. The minimum Gasteiger partial charge on any atom is -0.289 e. The van der Waals surface area contributed by atoms with Crippen LogP contribution in [0.1, 0.15) is 76.2 Å². The molecule has 0 unspecified atom stereocenters. The van der Waals surface area contributed by atoms with Gasteiger partial charge < -0.3 is 0 Å². The van der Waals surface area contributed by atoms with E-state index in [1.807, 2.05) is 52.8 Å². The van der Waals surface area contributed by atoms with Crippen LogP contribution >= 0.6 is 0 Å². The number of carbonyl (C=O) groups is 1. The second kappa shape index (κ2) is 6.85. The first-order chi connectivity index (χ1) is 11.0. The highest BCUT2D eigenvalue weighted by atomic mass is 17.2. The van der Waals surface area contributed by atoms with Crippen molar-refractivity contribution in [1.29, 1.82) is 0 Å². The molecule has 0 aromatic carbocycles. The molecule has 0 N–H and O–H groups in total. The average molecular weight is 349 g/mol. The molecule has 0 spiro atoms. The van der Waals surface area contributed by atoms with E-state index in [4.69, 9.17) is 9.78 Å². The fourth-order valence-corrected chi connectivity index (χ4v) is 2.69. The highest BCUT2D eigenvalue weighted by Crippen LogP contribution is 2.42. The second-order valence-electron chi connectivity index (χ2n) is 10.3. The molecule has 1 aliphatic rings. The van der Waals surface area contributed by atoms with Gasteiger partial charge in [0, 0.05) is 11.1 Å². The van der Waals surface area contributed by atoms with Crippen molar-refractivity contribution in [3.8, 4) is 0 Å². The molecule has 142 valence electrons. The van der Waals surface area contributed by atoms with Crippen LogP contribution in [-0.4, -0.2) is 17.0 Å². The maximum atomic E-state index is 13.1. The summed E-state index contributed by atoms with van der Waals surface area (Å²) < 4.78 is 0. The van der Waals surface area contributed by atoms with Gasteiger partial charge in [-0.15, -0.1) is 0 Å². The number of hydrogen-bond donors (Lipinski definition) is 0. The summed E-state index contributed by atoms with van der Waals surface area (Å²) in [6.45, 7) is 22.2. The zero-order valence-corrected chi connectivity index (χ0v) is 18.0. The average Bonchev–Trinajstić information content (AvgIpc) is 2.35. The van der Waals surface area contributed by atoms with Gasteiger partial charge in [0.15, 0.2) is 11.4 Å². The van der Waals surface area contributed by atoms with Crippen LogP contribution in [0, 0.1) is 10.8 Å². The maximum absolute atomic E-state index is 13.1. The van der Waals surface area contributed by atoms with Crippen LogP contribution in [0.25, 0.3) is 0 Å². The monoisotopic (exact) mass is 348 g/mol. The first-order valence-electron chi connectivity index (χ1n) is 9.01. The molecule has 0 aromatic heterocycles. The molecule has 0 radical (unpaired) electrons. The molecule has 0 bridgehead atoms. The van der Waals surface area contributed by atoms with E-state index in [1.165, 1.54) is 0 Å². The van der Waals surface area contributed by atoms with Crippen molar-refractivity contribution in [3.05, 3.63) is 34.9 Å². The number of hydrogen-bond acceptors (Lipinski definition) is 3. The molecule has 0 amide bonds. The Balaban J connectivity index is 3.63. The van der Waals surface area contributed by atoms with Gasteiger partial charge in [0.1, 0.15) is 0 Å². The summed E-state index contributed by atoms with van der Waals surface area (Å²) >= 11 is 0. The summed E-state index contributed by atoms with van der Waals surface area (Å²) in [6.07, 6.45) is 5.86. The standard InChI is InChI=1S/C22H36O3/c1-15(2)12-22(25-24-21(9,10)11)13-16(19(3,4)5)18(23)17(14-22)20(6,7)8/h12-14H,1-11H3. The Hall–Kier alpha value is -1.19. The van der Waals surface area contributed by atoms with E-state index in [9.17, 15) is 4.79 Å². The van der Waals surface area contributed by atoms with E-state index in [2.05, 4.69) is 41.5 Å². The van der Waals surface area contributed by atoms with Crippen LogP contribution in [0.15, 0.2) is 34.9 Å². The van der Waals surface area contributed by atoms with Crippen molar-refractivity contribution in [2.75, 3.05) is 0 Å². The molecule has 1 rings (SSSR count). The van der Waals surface area contributed by atoms with Gasteiger partial charge in [0.25, 0.3) is 0 Å². The van der Waals surface area contributed by atoms with Crippen LogP contribution in [0.2, 0.25) is 0 Å². The second-order valence-corrected chi connectivity index (χ2v) is 10.3. The Morgan fingerprint density at radius 2 is 1.28 bits per heavy atom. The lowest BCUT2D eigenvalue weighted by atomic mass is 9.69. The molecule has 0 heterocycles. The number of Topliss-reactive ketones (excluding diaryl/α,β-unsaturated/α-hetero) is 1. The Labute approximate surface area is 154 Å². The van der Waals surface area contributed by atoms with Crippen molar-refractivity contribution < 1.29 is 14.6 Å². The predicted molar refractivity (Wildman–Crippen MR) is 104 cm³/mol. The zero-order valence-electron chi connectivity index (χ0n) is 18.0.